The second-order valence-electron chi connectivity index (χ2n) is 3.74. The minimum absolute atomic E-state index is 0.0576. The molecule has 1 rings (SSSR count). The zero-order chi connectivity index (χ0) is 13.5. The molecule has 0 aromatic carbocycles. The summed E-state index contributed by atoms with van der Waals surface area (Å²) < 4.78 is 9.20. The number of anilines is 1. The molecule has 98 valence electrons. The van der Waals surface area contributed by atoms with Gasteiger partial charge in [0.25, 0.3) is 0 Å². The van der Waals surface area contributed by atoms with Crippen LogP contribution < -0.4 is 5.73 Å². The molecule has 0 radical (unpaired) electrons. The fourth-order valence-electron chi connectivity index (χ4n) is 1.55. The molecule has 0 unspecified atom stereocenters. The Bertz CT molecular complexity index is 416. The number of hydrogen-bond acceptors (Lipinski definition) is 6. The maximum Gasteiger partial charge on any atom is 0.306 e. The summed E-state index contributed by atoms with van der Waals surface area (Å²) in [7, 11) is 2.59. The third-order valence-corrected chi connectivity index (χ3v) is 2.49. The molecule has 0 aliphatic carbocycles. The summed E-state index contributed by atoms with van der Waals surface area (Å²) in [5.41, 5.74) is 6.15. The number of aromatic nitrogens is 1. The first-order valence-corrected chi connectivity index (χ1v) is 5.43. The number of esters is 2. The van der Waals surface area contributed by atoms with E-state index in [1.807, 2.05) is 0 Å². The largest absolute Gasteiger partial charge is 0.469 e. The zero-order valence-corrected chi connectivity index (χ0v) is 10.4. The Labute approximate surface area is 105 Å². The molecule has 1 aromatic heterocycles. The van der Waals surface area contributed by atoms with E-state index in [0.29, 0.717) is 11.5 Å². The number of nitrogens with two attached hydrogens (primary N) is 1. The van der Waals surface area contributed by atoms with Crippen LogP contribution in [0.15, 0.2) is 18.2 Å². The molecule has 6 heteroatoms. The summed E-state index contributed by atoms with van der Waals surface area (Å²) in [5.74, 6) is -0.873. The minimum atomic E-state index is -0.409. The average molecular weight is 252 g/mol. The Morgan fingerprint density at radius 2 is 1.78 bits per heavy atom. The first-order chi connectivity index (χ1) is 8.56. The number of nitrogens with zero attached hydrogens (tertiary/aromatic N) is 1. The minimum Gasteiger partial charge on any atom is -0.469 e. The van der Waals surface area contributed by atoms with Gasteiger partial charge in [-0.05, 0) is 12.1 Å². The van der Waals surface area contributed by atoms with Gasteiger partial charge in [0, 0.05) is 11.6 Å². The van der Waals surface area contributed by atoms with Crippen LogP contribution >= 0.6 is 0 Å². The van der Waals surface area contributed by atoms with Crippen molar-refractivity contribution in [2.24, 2.45) is 0 Å². The van der Waals surface area contributed by atoms with Crippen molar-refractivity contribution < 1.29 is 19.1 Å². The summed E-state index contributed by atoms with van der Waals surface area (Å²) >= 11 is 0. The van der Waals surface area contributed by atoms with Gasteiger partial charge in [0.2, 0.25) is 0 Å². The van der Waals surface area contributed by atoms with Crippen molar-refractivity contribution in [3.63, 3.8) is 0 Å². The summed E-state index contributed by atoms with van der Waals surface area (Å²) in [6, 6.07) is 5.07. The number of hydrogen-bond donors (Lipinski definition) is 1. The monoisotopic (exact) mass is 252 g/mol. The summed E-state index contributed by atoms with van der Waals surface area (Å²) in [5, 5.41) is 0. The van der Waals surface area contributed by atoms with E-state index in [1.165, 1.54) is 14.2 Å². The quantitative estimate of drug-likeness (QED) is 0.782. The van der Waals surface area contributed by atoms with Gasteiger partial charge in [-0.25, -0.2) is 4.98 Å². The van der Waals surface area contributed by atoms with E-state index in [9.17, 15) is 9.59 Å². The first kappa shape index (κ1) is 14.0. The van der Waals surface area contributed by atoms with Crippen molar-refractivity contribution in [2.75, 3.05) is 20.0 Å². The normalized spacial score (nSPS) is 10.2. The SMILES string of the molecule is COC(=O)CC(CC(=O)OC)c1cccc(N)n1. The number of carbonyl (C=O) groups excluding carboxylic acids is 2. The fourth-order valence-corrected chi connectivity index (χ4v) is 1.55. The molecule has 0 bridgehead atoms. The highest BCUT2D eigenvalue weighted by atomic mass is 16.5. The van der Waals surface area contributed by atoms with E-state index in [-0.39, 0.29) is 12.8 Å². The fraction of sp³-hybridized carbons (Fsp3) is 0.417. The molecule has 0 aliphatic heterocycles. The maximum atomic E-state index is 11.3. The number of carbonyl (C=O) groups is 2. The van der Waals surface area contributed by atoms with Crippen LogP contribution in [0, 0.1) is 0 Å². The molecule has 2 N–H and O–H groups in total. The molecule has 0 spiro atoms. The van der Waals surface area contributed by atoms with Crippen molar-refractivity contribution >= 4 is 17.8 Å². The standard InChI is InChI=1S/C12H16N2O4/c1-17-11(15)6-8(7-12(16)18-2)9-4-3-5-10(13)14-9/h3-5,8H,6-7H2,1-2H3,(H2,13,14). The van der Waals surface area contributed by atoms with Gasteiger partial charge in [-0.1, -0.05) is 6.07 Å². The molecule has 0 saturated carbocycles. The van der Waals surface area contributed by atoms with Gasteiger partial charge in [0.1, 0.15) is 5.82 Å². The second kappa shape index (κ2) is 6.58. The lowest BCUT2D eigenvalue weighted by Gasteiger charge is -2.14. The number of nitrogen functional groups attached to an aromatic ring is 1. The molecule has 0 amide bonds. The molecule has 18 heavy (non-hydrogen) atoms. The van der Waals surface area contributed by atoms with Crippen LogP contribution in [0.25, 0.3) is 0 Å². The highest BCUT2D eigenvalue weighted by molar-refractivity contribution is 5.74. The van der Waals surface area contributed by atoms with Crippen LogP contribution in [0.3, 0.4) is 0 Å². The maximum absolute atomic E-state index is 11.3. The first-order valence-electron chi connectivity index (χ1n) is 5.43. The molecule has 1 heterocycles. The molecule has 0 saturated heterocycles. The predicted octanol–water partition coefficient (Wildman–Crippen LogP) is 0.874. The molecular formula is C12H16N2O4. The molecule has 0 atom stereocenters. The Morgan fingerprint density at radius 3 is 2.22 bits per heavy atom. The van der Waals surface area contributed by atoms with Crippen LogP contribution in [-0.4, -0.2) is 31.1 Å². The van der Waals surface area contributed by atoms with Gasteiger partial charge in [-0.3, -0.25) is 9.59 Å². The third kappa shape index (κ3) is 4.04. The van der Waals surface area contributed by atoms with Crippen LogP contribution in [0.1, 0.15) is 24.5 Å². The lowest BCUT2D eigenvalue weighted by Crippen LogP contribution is -2.15. The number of pyridine rings is 1. The Hall–Kier alpha value is -2.11. The van der Waals surface area contributed by atoms with Gasteiger partial charge in [0.05, 0.1) is 27.1 Å². The number of methoxy groups -OCH3 is 2. The predicted molar refractivity (Wildman–Crippen MR) is 64.7 cm³/mol. The molecule has 0 aliphatic rings. The topological polar surface area (TPSA) is 91.5 Å². The van der Waals surface area contributed by atoms with Gasteiger partial charge in [0.15, 0.2) is 0 Å². The Balaban J connectivity index is 2.88. The van der Waals surface area contributed by atoms with Crippen LogP contribution in [0.2, 0.25) is 0 Å². The van der Waals surface area contributed by atoms with Crippen molar-refractivity contribution in [3.8, 4) is 0 Å². The highest BCUT2D eigenvalue weighted by Crippen LogP contribution is 2.23. The Kier molecular flexibility index (Phi) is 5.10. The van der Waals surface area contributed by atoms with E-state index in [0.717, 1.165) is 0 Å². The van der Waals surface area contributed by atoms with Gasteiger partial charge < -0.3 is 15.2 Å². The van der Waals surface area contributed by atoms with Gasteiger partial charge in [-0.15, -0.1) is 0 Å². The molecule has 1 aromatic rings. The lowest BCUT2D eigenvalue weighted by atomic mass is 9.97. The number of rotatable bonds is 5. The van der Waals surface area contributed by atoms with Crippen molar-refractivity contribution in [1.82, 2.24) is 4.98 Å². The lowest BCUT2D eigenvalue weighted by molar-refractivity contribution is -0.143. The van der Waals surface area contributed by atoms with Crippen LogP contribution in [0.5, 0.6) is 0 Å². The smallest absolute Gasteiger partial charge is 0.306 e. The van der Waals surface area contributed by atoms with Crippen LogP contribution in [-0.2, 0) is 19.1 Å². The van der Waals surface area contributed by atoms with E-state index >= 15 is 0 Å². The molecular weight excluding hydrogens is 236 g/mol. The molecule has 6 nitrogen and oxygen atoms in total. The van der Waals surface area contributed by atoms with Crippen molar-refractivity contribution in [2.45, 2.75) is 18.8 Å². The van der Waals surface area contributed by atoms with Gasteiger partial charge in [-0.2, -0.15) is 0 Å². The van der Waals surface area contributed by atoms with E-state index in [4.69, 9.17) is 5.73 Å². The van der Waals surface area contributed by atoms with E-state index in [2.05, 4.69) is 14.5 Å². The highest BCUT2D eigenvalue weighted by Gasteiger charge is 2.21. The average Bonchev–Trinajstić information content (AvgIpc) is 2.37. The van der Waals surface area contributed by atoms with Gasteiger partial charge >= 0.3 is 11.9 Å². The summed E-state index contributed by atoms with van der Waals surface area (Å²) in [6.45, 7) is 0. The van der Waals surface area contributed by atoms with E-state index in [1.54, 1.807) is 18.2 Å². The van der Waals surface area contributed by atoms with E-state index < -0.39 is 17.9 Å². The molecule has 0 fully saturated rings. The van der Waals surface area contributed by atoms with Crippen molar-refractivity contribution in [1.29, 1.82) is 0 Å². The Morgan fingerprint density at radius 1 is 1.22 bits per heavy atom. The summed E-state index contributed by atoms with van der Waals surface area (Å²) in [6.07, 6.45) is 0.115. The summed E-state index contributed by atoms with van der Waals surface area (Å²) in [4.78, 5) is 26.7. The third-order valence-electron chi connectivity index (χ3n) is 2.49. The van der Waals surface area contributed by atoms with Crippen LogP contribution in [0.4, 0.5) is 5.82 Å². The zero-order valence-electron chi connectivity index (χ0n) is 10.4. The second-order valence-corrected chi connectivity index (χ2v) is 3.74. The number of ether oxygens (including phenoxy) is 2. The van der Waals surface area contributed by atoms with Crippen molar-refractivity contribution in [3.05, 3.63) is 23.9 Å².